The number of hydrogen-bond donors (Lipinski definition) is 1. The molecule has 0 aliphatic rings. The predicted molar refractivity (Wildman–Crippen MR) is 53.8 cm³/mol. The average Bonchev–Trinajstić information content (AvgIpc) is 2.69. The van der Waals surface area contributed by atoms with Gasteiger partial charge >= 0.3 is 5.38 Å². The molecule has 2 aromatic rings. The average molecular weight is 229 g/mol. The number of aromatic amines is 1. The van der Waals surface area contributed by atoms with Gasteiger partial charge in [0, 0.05) is 23.5 Å². The molecule has 0 spiro atoms. The fraction of sp³-hybridized carbons (Fsp3) is 0.100. The second kappa shape index (κ2) is 3.62. The number of alkyl halides is 3. The minimum Gasteiger partial charge on any atom is -0.345 e. The van der Waals surface area contributed by atoms with Crippen molar-refractivity contribution in [2.75, 3.05) is 0 Å². The molecule has 2 nitrogen and oxygen atoms in total. The molecular formula is C10H7ClF2N2. The molecule has 0 saturated heterocycles. The number of rotatable bonds is 2. The third-order valence-corrected chi connectivity index (χ3v) is 2.19. The topological polar surface area (TPSA) is 28.7 Å². The van der Waals surface area contributed by atoms with Crippen LogP contribution in [0.25, 0.3) is 11.4 Å². The largest absolute Gasteiger partial charge is 0.348 e. The molecule has 0 amide bonds. The molecule has 1 N–H and O–H groups in total. The lowest BCUT2D eigenvalue weighted by Gasteiger charge is -2.11. The molecule has 1 aromatic heterocycles. The first-order valence-corrected chi connectivity index (χ1v) is 4.63. The first-order valence-electron chi connectivity index (χ1n) is 4.25. The summed E-state index contributed by atoms with van der Waals surface area (Å²) in [4.78, 5) is 6.68. The van der Waals surface area contributed by atoms with Crippen LogP contribution in [0.1, 0.15) is 5.56 Å². The Kier molecular flexibility index (Phi) is 2.44. The number of benzene rings is 1. The van der Waals surface area contributed by atoms with E-state index in [1.54, 1.807) is 18.3 Å². The summed E-state index contributed by atoms with van der Waals surface area (Å²) in [5, 5.41) is -3.39. The Morgan fingerprint density at radius 2 is 2.00 bits per heavy atom. The number of H-pyrrole nitrogens is 1. The second-order valence-electron chi connectivity index (χ2n) is 2.98. The van der Waals surface area contributed by atoms with Crippen LogP contribution in [-0.4, -0.2) is 9.97 Å². The lowest BCUT2D eigenvalue weighted by Crippen LogP contribution is -2.05. The first kappa shape index (κ1) is 10.1. The summed E-state index contributed by atoms with van der Waals surface area (Å²) in [6, 6.07) is 6.00. The Balaban J connectivity index is 2.58. The normalized spacial score (nSPS) is 11.7. The summed E-state index contributed by atoms with van der Waals surface area (Å²) >= 11 is 5.01. The zero-order chi connectivity index (χ0) is 10.9. The number of nitrogens with zero attached hydrogens (tertiary/aromatic N) is 1. The number of hydrogen-bond acceptors (Lipinski definition) is 1. The smallest absolute Gasteiger partial charge is 0.345 e. The van der Waals surface area contributed by atoms with Crippen LogP contribution in [0, 0.1) is 0 Å². The molecule has 78 valence electrons. The van der Waals surface area contributed by atoms with E-state index in [1.807, 2.05) is 0 Å². The molecule has 0 radical (unpaired) electrons. The number of halogens is 3. The van der Waals surface area contributed by atoms with Gasteiger partial charge in [-0.1, -0.05) is 24.3 Å². The molecular weight excluding hydrogens is 222 g/mol. The van der Waals surface area contributed by atoms with E-state index < -0.39 is 5.38 Å². The zero-order valence-corrected chi connectivity index (χ0v) is 8.30. The summed E-state index contributed by atoms with van der Waals surface area (Å²) in [5.41, 5.74) is 0.0594. The molecule has 2 rings (SSSR count). The van der Waals surface area contributed by atoms with Crippen LogP contribution in [0.2, 0.25) is 0 Å². The summed E-state index contributed by atoms with van der Waals surface area (Å²) in [6.07, 6.45) is 3.07. The molecule has 0 atom stereocenters. The zero-order valence-electron chi connectivity index (χ0n) is 7.55. The van der Waals surface area contributed by atoms with Crippen molar-refractivity contribution in [2.45, 2.75) is 5.38 Å². The molecule has 0 fully saturated rings. The first-order chi connectivity index (χ1) is 7.09. The van der Waals surface area contributed by atoms with E-state index in [1.165, 1.54) is 18.3 Å². The van der Waals surface area contributed by atoms with Crippen molar-refractivity contribution in [3.8, 4) is 11.4 Å². The Labute approximate surface area is 89.9 Å². The highest BCUT2D eigenvalue weighted by Gasteiger charge is 2.31. The minimum absolute atomic E-state index is 0.249. The molecule has 0 unspecified atom stereocenters. The maximum Gasteiger partial charge on any atom is 0.348 e. The maximum absolute atomic E-state index is 13.0. The molecule has 0 saturated carbocycles. The fourth-order valence-corrected chi connectivity index (χ4v) is 1.51. The highest BCUT2D eigenvalue weighted by atomic mass is 35.5. The van der Waals surface area contributed by atoms with Crippen molar-refractivity contribution < 1.29 is 8.78 Å². The monoisotopic (exact) mass is 228 g/mol. The molecule has 0 aliphatic heterocycles. The van der Waals surface area contributed by atoms with E-state index in [2.05, 4.69) is 9.97 Å². The van der Waals surface area contributed by atoms with Crippen molar-refractivity contribution in [1.29, 1.82) is 0 Å². The van der Waals surface area contributed by atoms with Gasteiger partial charge in [-0.15, -0.1) is 0 Å². The van der Waals surface area contributed by atoms with Crippen molar-refractivity contribution >= 4 is 11.6 Å². The Morgan fingerprint density at radius 3 is 2.60 bits per heavy atom. The van der Waals surface area contributed by atoms with E-state index in [9.17, 15) is 8.78 Å². The molecule has 5 heteroatoms. The quantitative estimate of drug-likeness (QED) is 0.785. The van der Waals surface area contributed by atoms with Gasteiger partial charge in [0.05, 0.1) is 0 Å². The summed E-state index contributed by atoms with van der Waals surface area (Å²) < 4.78 is 26.1. The van der Waals surface area contributed by atoms with Crippen LogP contribution in [0.15, 0.2) is 36.7 Å². The van der Waals surface area contributed by atoms with E-state index in [4.69, 9.17) is 11.6 Å². The third-order valence-electron chi connectivity index (χ3n) is 1.99. The van der Waals surface area contributed by atoms with Gasteiger partial charge in [0.25, 0.3) is 0 Å². The van der Waals surface area contributed by atoms with Gasteiger partial charge in [0.2, 0.25) is 0 Å². The second-order valence-corrected chi connectivity index (χ2v) is 3.46. The van der Waals surface area contributed by atoms with Crippen LogP contribution in [-0.2, 0) is 5.38 Å². The molecule has 0 bridgehead atoms. The van der Waals surface area contributed by atoms with Gasteiger partial charge in [0.1, 0.15) is 5.82 Å². The van der Waals surface area contributed by atoms with Gasteiger partial charge in [-0.25, -0.2) is 4.98 Å². The van der Waals surface area contributed by atoms with Crippen molar-refractivity contribution in [3.63, 3.8) is 0 Å². The molecule has 15 heavy (non-hydrogen) atoms. The highest BCUT2D eigenvalue weighted by Crippen LogP contribution is 2.37. The Morgan fingerprint density at radius 1 is 1.27 bits per heavy atom. The van der Waals surface area contributed by atoms with Gasteiger partial charge in [-0.3, -0.25) is 0 Å². The van der Waals surface area contributed by atoms with Gasteiger partial charge in [-0.05, 0) is 11.6 Å². The van der Waals surface area contributed by atoms with Crippen LogP contribution in [0.4, 0.5) is 8.78 Å². The summed E-state index contributed by atoms with van der Waals surface area (Å²) in [5.74, 6) is 0.380. The molecule has 1 heterocycles. The van der Waals surface area contributed by atoms with Gasteiger partial charge in [0.15, 0.2) is 0 Å². The highest BCUT2D eigenvalue weighted by molar-refractivity contribution is 6.22. The SMILES string of the molecule is FC(F)(Cl)c1ccccc1-c1ncc[nH]1. The number of imidazole rings is 1. The maximum atomic E-state index is 13.0. The number of aromatic nitrogens is 2. The third kappa shape index (κ3) is 1.99. The van der Waals surface area contributed by atoms with Crippen LogP contribution < -0.4 is 0 Å². The van der Waals surface area contributed by atoms with Crippen molar-refractivity contribution in [3.05, 3.63) is 42.2 Å². The standard InChI is InChI=1S/C10H7ClF2N2/c11-10(12,13)8-4-2-1-3-7(8)9-14-5-6-15-9/h1-6H,(H,14,15). The van der Waals surface area contributed by atoms with Crippen molar-refractivity contribution in [2.24, 2.45) is 0 Å². The Hall–Kier alpha value is -1.42. The predicted octanol–water partition coefficient (Wildman–Crippen LogP) is 3.36. The van der Waals surface area contributed by atoms with E-state index in [0.717, 1.165) is 0 Å². The summed E-state index contributed by atoms with van der Waals surface area (Å²) in [7, 11) is 0. The van der Waals surface area contributed by atoms with Crippen LogP contribution in [0.3, 0.4) is 0 Å². The lowest BCUT2D eigenvalue weighted by molar-refractivity contribution is 0.0957. The van der Waals surface area contributed by atoms with Crippen molar-refractivity contribution in [1.82, 2.24) is 9.97 Å². The van der Waals surface area contributed by atoms with Crippen LogP contribution >= 0.6 is 11.6 Å². The van der Waals surface area contributed by atoms with E-state index >= 15 is 0 Å². The lowest BCUT2D eigenvalue weighted by atomic mass is 10.1. The van der Waals surface area contributed by atoms with E-state index in [0.29, 0.717) is 11.4 Å². The number of nitrogens with one attached hydrogen (secondary N) is 1. The Bertz CT molecular complexity index is 449. The minimum atomic E-state index is -3.39. The molecule has 1 aromatic carbocycles. The molecule has 0 aliphatic carbocycles. The van der Waals surface area contributed by atoms with Gasteiger partial charge in [-0.2, -0.15) is 8.78 Å². The van der Waals surface area contributed by atoms with E-state index in [-0.39, 0.29) is 5.56 Å². The fourth-order valence-electron chi connectivity index (χ4n) is 1.35. The van der Waals surface area contributed by atoms with Crippen LogP contribution in [0.5, 0.6) is 0 Å². The van der Waals surface area contributed by atoms with Gasteiger partial charge < -0.3 is 4.98 Å². The summed E-state index contributed by atoms with van der Waals surface area (Å²) in [6.45, 7) is 0.